The van der Waals surface area contributed by atoms with Crippen LogP contribution in [0.2, 0.25) is 0 Å². The highest BCUT2D eigenvalue weighted by molar-refractivity contribution is 6.18. The van der Waals surface area contributed by atoms with Gasteiger partial charge in [0.15, 0.2) is 0 Å². The fourth-order valence-corrected chi connectivity index (χ4v) is 2.46. The SMILES string of the molecule is COCCC(C)C(CCl)Cc1cccc(OC)c1. The van der Waals surface area contributed by atoms with Crippen LogP contribution in [0.5, 0.6) is 5.75 Å². The summed E-state index contributed by atoms with van der Waals surface area (Å²) in [7, 11) is 3.43. The Morgan fingerprint density at radius 3 is 2.67 bits per heavy atom. The summed E-state index contributed by atoms with van der Waals surface area (Å²) in [6, 6.07) is 8.21. The van der Waals surface area contributed by atoms with Gasteiger partial charge < -0.3 is 9.47 Å². The van der Waals surface area contributed by atoms with Crippen molar-refractivity contribution in [1.29, 1.82) is 0 Å². The largest absolute Gasteiger partial charge is 0.497 e. The molecule has 1 aromatic rings. The molecule has 2 atom stereocenters. The van der Waals surface area contributed by atoms with E-state index in [1.807, 2.05) is 12.1 Å². The summed E-state index contributed by atoms with van der Waals surface area (Å²) in [4.78, 5) is 0. The molecule has 2 unspecified atom stereocenters. The zero-order valence-corrected chi connectivity index (χ0v) is 12.2. The number of halogens is 1. The van der Waals surface area contributed by atoms with Gasteiger partial charge >= 0.3 is 0 Å². The molecular weight excluding hydrogens is 248 g/mol. The first-order valence-corrected chi connectivity index (χ1v) is 6.92. The van der Waals surface area contributed by atoms with Crippen LogP contribution in [0.15, 0.2) is 24.3 Å². The van der Waals surface area contributed by atoms with Crippen LogP contribution in [-0.4, -0.2) is 26.7 Å². The van der Waals surface area contributed by atoms with Crippen LogP contribution >= 0.6 is 11.6 Å². The van der Waals surface area contributed by atoms with Crippen LogP contribution < -0.4 is 4.74 Å². The van der Waals surface area contributed by atoms with Crippen LogP contribution in [-0.2, 0) is 11.2 Å². The van der Waals surface area contributed by atoms with E-state index in [1.54, 1.807) is 14.2 Å². The highest BCUT2D eigenvalue weighted by atomic mass is 35.5. The molecule has 0 aliphatic carbocycles. The zero-order chi connectivity index (χ0) is 13.4. The Kier molecular flexibility index (Phi) is 7.14. The van der Waals surface area contributed by atoms with Gasteiger partial charge in [0, 0.05) is 19.6 Å². The summed E-state index contributed by atoms with van der Waals surface area (Å²) < 4.78 is 10.4. The minimum atomic E-state index is 0.480. The fourth-order valence-electron chi connectivity index (χ4n) is 2.05. The number of rotatable bonds is 8. The highest BCUT2D eigenvalue weighted by Crippen LogP contribution is 2.23. The molecule has 3 heteroatoms. The first-order chi connectivity index (χ1) is 8.71. The molecule has 102 valence electrons. The molecule has 0 saturated heterocycles. The second kappa shape index (κ2) is 8.39. The quantitative estimate of drug-likeness (QED) is 0.670. The topological polar surface area (TPSA) is 18.5 Å². The second-order valence-electron chi connectivity index (χ2n) is 4.73. The molecule has 0 N–H and O–H groups in total. The van der Waals surface area contributed by atoms with Gasteiger partial charge in [-0.3, -0.25) is 0 Å². The third kappa shape index (κ3) is 4.87. The molecule has 0 aliphatic heterocycles. The maximum Gasteiger partial charge on any atom is 0.119 e. The monoisotopic (exact) mass is 270 g/mol. The molecule has 0 amide bonds. The molecule has 1 aromatic carbocycles. The summed E-state index contributed by atoms with van der Waals surface area (Å²) in [5.74, 6) is 2.63. The van der Waals surface area contributed by atoms with E-state index in [1.165, 1.54) is 5.56 Å². The summed E-state index contributed by atoms with van der Waals surface area (Å²) in [6.45, 7) is 3.04. The molecule has 1 rings (SSSR count). The van der Waals surface area contributed by atoms with Gasteiger partial charge in [-0.15, -0.1) is 11.6 Å². The Hall–Kier alpha value is -0.730. The molecule has 0 spiro atoms. The van der Waals surface area contributed by atoms with Crippen LogP contribution in [0, 0.1) is 11.8 Å². The first-order valence-electron chi connectivity index (χ1n) is 6.39. The van der Waals surface area contributed by atoms with Crippen molar-refractivity contribution in [3.63, 3.8) is 0 Å². The average Bonchev–Trinajstić information content (AvgIpc) is 2.42. The lowest BCUT2D eigenvalue weighted by Gasteiger charge is -2.21. The maximum absolute atomic E-state index is 6.09. The van der Waals surface area contributed by atoms with Crippen molar-refractivity contribution in [3.8, 4) is 5.75 Å². The predicted molar refractivity (Wildman–Crippen MR) is 76.6 cm³/mol. The molecule has 2 nitrogen and oxygen atoms in total. The van der Waals surface area contributed by atoms with E-state index < -0.39 is 0 Å². The smallest absolute Gasteiger partial charge is 0.119 e. The molecule has 0 heterocycles. The van der Waals surface area contributed by atoms with Crippen LogP contribution in [0.1, 0.15) is 18.9 Å². The van der Waals surface area contributed by atoms with E-state index in [0.29, 0.717) is 17.7 Å². The summed E-state index contributed by atoms with van der Waals surface area (Å²) in [6.07, 6.45) is 2.05. The third-order valence-corrected chi connectivity index (χ3v) is 3.81. The van der Waals surface area contributed by atoms with Gasteiger partial charge in [-0.05, 0) is 42.4 Å². The second-order valence-corrected chi connectivity index (χ2v) is 5.04. The van der Waals surface area contributed by atoms with Crippen molar-refractivity contribution in [2.45, 2.75) is 19.8 Å². The highest BCUT2D eigenvalue weighted by Gasteiger charge is 2.17. The van der Waals surface area contributed by atoms with Gasteiger partial charge in [0.05, 0.1) is 7.11 Å². The number of hydrogen-bond donors (Lipinski definition) is 0. The van der Waals surface area contributed by atoms with Crippen molar-refractivity contribution < 1.29 is 9.47 Å². The first kappa shape index (κ1) is 15.3. The maximum atomic E-state index is 6.09. The lowest BCUT2D eigenvalue weighted by atomic mass is 9.87. The van der Waals surface area contributed by atoms with E-state index in [9.17, 15) is 0 Å². The van der Waals surface area contributed by atoms with Gasteiger partial charge in [-0.25, -0.2) is 0 Å². The summed E-state index contributed by atoms with van der Waals surface area (Å²) in [5.41, 5.74) is 1.28. The summed E-state index contributed by atoms with van der Waals surface area (Å²) in [5, 5.41) is 0. The number of ether oxygens (including phenoxy) is 2. The van der Waals surface area contributed by atoms with E-state index in [0.717, 1.165) is 25.2 Å². The van der Waals surface area contributed by atoms with Gasteiger partial charge in [0.1, 0.15) is 5.75 Å². The van der Waals surface area contributed by atoms with Crippen LogP contribution in [0.25, 0.3) is 0 Å². The summed E-state index contributed by atoms with van der Waals surface area (Å²) >= 11 is 6.09. The molecule has 18 heavy (non-hydrogen) atoms. The number of alkyl halides is 1. The Bertz CT molecular complexity index is 341. The molecule has 0 saturated carbocycles. The van der Waals surface area contributed by atoms with Gasteiger partial charge in [-0.1, -0.05) is 19.1 Å². The number of methoxy groups -OCH3 is 2. The standard InChI is InChI=1S/C15H23ClO2/c1-12(7-8-17-2)14(11-16)9-13-5-4-6-15(10-13)18-3/h4-6,10,12,14H,7-9,11H2,1-3H3. The van der Waals surface area contributed by atoms with Crippen molar-refractivity contribution in [2.75, 3.05) is 26.7 Å². The van der Waals surface area contributed by atoms with E-state index in [2.05, 4.69) is 19.1 Å². The molecule has 0 bridgehead atoms. The lowest BCUT2D eigenvalue weighted by molar-refractivity contribution is 0.168. The Morgan fingerprint density at radius 2 is 2.06 bits per heavy atom. The van der Waals surface area contributed by atoms with Gasteiger partial charge in [0.2, 0.25) is 0 Å². The van der Waals surface area contributed by atoms with E-state index in [4.69, 9.17) is 21.1 Å². The van der Waals surface area contributed by atoms with Crippen LogP contribution in [0.4, 0.5) is 0 Å². The fraction of sp³-hybridized carbons (Fsp3) is 0.600. The third-order valence-electron chi connectivity index (χ3n) is 3.41. The number of hydrogen-bond acceptors (Lipinski definition) is 2. The van der Waals surface area contributed by atoms with Crippen molar-refractivity contribution in [2.24, 2.45) is 11.8 Å². The number of benzene rings is 1. The van der Waals surface area contributed by atoms with Gasteiger partial charge in [-0.2, -0.15) is 0 Å². The molecule has 0 fully saturated rings. The zero-order valence-electron chi connectivity index (χ0n) is 11.5. The van der Waals surface area contributed by atoms with Crippen molar-refractivity contribution in [1.82, 2.24) is 0 Å². The Balaban J connectivity index is 2.60. The van der Waals surface area contributed by atoms with Crippen LogP contribution in [0.3, 0.4) is 0 Å². The predicted octanol–water partition coefficient (Wildman–Crippen LogP) is 3.77. The normalized spacial score (nSPS) is 14.2. The minimum absolute atomic E-state index is 0.480. The lowest BCUT2D eigenvalue weighted by Crippen LogP contribution is -2.18. The molecule has 0 radical (unpaired) electrons. The van der Waals surface area contributed by atoms with Gasteiger partial charge in [0.25, 0.3) is 0 Å². The Labute approximate surface area is 115 Å². The average molecular weight is 271 g/mol. The van der Waals surface area contributed by atoms with Crippen molar-refractivity contribution >= 4 is 11.6 Å². The van der Waals surface area contributed by atoms with E-state index in [-0.39, 0.29) is 0 Å². The van der Waals surface area contributed by atoms with E-state index >= 15 is 0 Å². The molecule has 0 aromatic heterocycles. The Morgan fingerprint density at radius 1 is 1.28 bits per heavy atom. The van der Waals surface area contributed by atoms with Crippen molar-refractivity contribution in [3.05, 3.63) is 29.8 Å². The molecule has 0 aliphatic rings. The minimum Gasteiger partial charge on any atom is -0.497 e. The molecular formula is C15H23ClO2.